The summed E-state index contributed by atoms with van der Waals surface area (Å²) >= 11 is 0. The minimum atomic E-state index is 0.395. The van der Waals surface area contributed by atoms with E-state index < -0.39 is 0 Å². The maximum absolute atomic E-state index is 5.25. The monoisotopic (exact) mass is 669 g/mol. The Morgan fingerprint density at radius 2 is 1.10 bits per heavy atom. The molecule has 0 bridgehead atoms. The highest BCUT2D eigenvalue weighted by Crippen LogP contribution is 2.37. The molecule has 5 heteroatoms. The fourth-order valence-electron chi connectivity index (χ4n) is 7.27. The van der Waals surface area contributed by atoms with E-state index in [1.807, 2.05) is 6.20 Å². The summed E-state index contributed by atoms with van der Waals surface area (Å²) in [5, 5.41) is 0. The van der Waals surface area contributed by atoms with E-state index in [-0.39, 0.29) is 0 Å². The molecule has 1 fully saturated rings. The Morgan fingerprint density at radius 3 is 1.56 bits per heavy atom. The van der Waals surface area contributed by atoms with Gasteiger partial charge in [0.2, 0.25) is 0 Å². The molecule has 5 nitrogen and oxygen atoms in total. The topological polar surface area (TPSA) is 53.7 Å². The van der Waals surface area contributed by atoms with Gasteiger partial charge in [-0.2, -0.15) is 0 Å². The molecule has 0 atom stereocenters. The predicted molar refractivity (Wildman–Crippen MR) is 215 cm³/mol. The molecular formula is C45H59N5. The molecular weight excluding hydrogens is 611 g/mol. The van der Waals surface area contributed by atoms with Crippen LogP contribution in [-0.4, -0.2) is 27.4 Å². The smallest absolute Gasteiger partial charge is 0.0845 e. The average molecular weight is 670 g/mol. The number of aliphatic imine (C=N–C) groups is 2. The van der Waals surface area contributed by atoms with Crippen molar-refractivity contribution < 1.29 is 0 Å². The van der Waals surface area contributed by atoms with Crippen LogP contribution in [0.3, 0.4) is 0 Å². The number of hydrogen-bond acceptors (Lipinski definition) is 5. The van der Waals surface area contributed by atoms with Crippen LogP contribution in [0.15, 0.2) is 82.9 Å². The van der Waals surface area contributed by atoms with E-state index in [4.69, 9.17) is 20.0 Å². The van der Waals surface area contributed by atoms with Crippen LogP contribution in [0, 0.1) is 0 Å². The first-order chi connectivity index (χ1) is 23.9. The van der Waals surface area contributed by atoms with Crippen molar-refractivity contribution in [3.63, 3.8) is 0 Å². The molecule has 2 heterocycles. The van der Waals surface area contributed by atoms with Crippen LogP contribution in [0.5, 0.6) is 0 Å². The SMILES string of the molecule is CC(=Nc1c(C(C)C)cccc1C(C)C)c1ccc(N(Cc2cccc(C(C)=Nc3c(C(C)C)cccc3C(C)C)n2)C2CCCCC2)cn1. The van der Waals surface area contributed by atoms with Crippen molar-refractivity contribution in [2.45, 2.75) is 138 Å². The molecule has 0 spiro atoms. The standard InChI is InChI=1S/C45H59N5/c1-29(2)38-20-15-21-39(30(3)4)44(38)47-33(9)42-26-25-37(27-46-42)50(36-18-12-11-13-19-36)28-35-17-14-24-43(49-35)34(10)48-45-40(31(5)6)22-16-23-41(45)32(7)8/h14-17,20-27,29-32,36H,11-13,18-19,28H2,1-10H3. The summed E-state index contributed by atoms with van der Waals surface area (Å²) in [7, 11) is 0. The van der Waals surface area contributed by atoms with E-state index in [0.29, 0.717) is 29.7 Å². The van der Waals surface area contributed by atoms with E-state index in [9.17, 15) is 0 Å². The lowest BCUT2D eigenvalue weighted by Gasteiger charge is -2.36. The molecule has 2 aromatic carbocycles. The number of hydrogen-bond donors (Lipinski definition) is 0. The Balaban J connectivity index is 1.45. The van der Waals surface area contributed by atoms with Gasteiger partial charge in [-0.15, -0.1) is 0 Å². The molecule has 0 N–H and O–H groups in total. The summed E-state index contributed by atoms with van der Waals surface area (Å²) in [5.74, 6) is 1.59. The normalized spacial score (nSPS) is 14.8. The lowest BCUT2D eigenvalue weighted by molar-refractivity contribution is 0.412. The molecule has 0 aliphatic heterocycles. The Kier molecular flexibility index (Phi) is 12.4. The summed E-state index contributed by atoms with van der Waals surface area (Å²) in [6, 6.07) is 24.4. The van der Waals surface area contributed by atoms with Crippen molar-refractivity contribution in [1.82, 2.24) is 9.97 Å². The fraction of sp³-hybridized carbons (Fsp3) is 0.467. The van der Waals surface area contributed by atoms with Crippen LogP contribution in [0.2, 0.25) is 0 Å². The maximum atomic E-state index is 5.25. The lowest BCUT2D eigenvalue weighted by atomic mass is 9.93. The molecule has 0 radical (unpaired) electrons. The van der Waals surface area contributed by atoms with Gasteiger partial charge in [-0.3, -0.25) is 15.0 Å². The van der Waals surface area contributed by atoms with Gasteiger partial charge in [0, 0.05) is 6.04 Å². The maximum Gasteiger partial charge on any atom is 0.0845 e. The van der Waals surface area contributed by atoms with E-state index in [0.717, 1.165) is 52.1 Å². The average Bonchev–Trinajstić information content (AvgIpc) is 3.11. The molecule has 0 saturated heterocycles. The first-order valence-electron chi connectivity index (χ1n) is 19.0. The number of benzene rings is 2. The summed E-state index contributed by atoms with van der Waals surface area (Å²) < 4.78 is 0. The molecule has 1 saturated carbocycles. The Morgan fingerprint density at radius 1 is 0.620 bits per heavy atom. The number of para-hydroxylation sites is 2. The third-order valence-corrected chi connectivity index (χ3v) is 10.2. The number of pyridine rings is 2. The Bertz CT molecular complexity index is 1740. The van der Waals surface area contributed by atoms with Gasteiger partial charge in [0.15, 0.2) is 0 Å². The molecule has 1 aliphatic carbocycles. The number of aromatic nitrogens is 2. The van der Waals surface area contributed by atoms with Gasteiger partial charge in [-0.25, -0.2) is 4.98 Å². The largest absolute Gasteiger partial charge is 0.361 e. The second-order valence-electron chi connectivity index (χ2n) is 15.4. The van der Waals surface area contributed by atoms with Crippen LogP contribution in [0.25, 0.3) is 0 Å². The highest BCUT2D eigenvalue weighted by atomic mass is 15.2. The van der Waals surface area contributed by atoms with Crippen molar-refractivity contribution in [3.05, 3.63) is 112 Å². The molecule has 1 aliphatic rings. The van der Waals surface area contributed by atoms with Gasteiger partial charge in [-0.1, -0.05) is 117 Å². The van der Waals surface area contributed by atoms with Gasteiger partial charge in [0.05, 0.1) is 58.3 Å². The molecule has 264 valence electrons. The lowest BCUT2D eigenvalue weighted by Crippen LogP contribution is -2.36. The first kappa shape index (κ1) is 37.1. The Hall–Kier alpha value is -4.12. The van der Waals surface area contributed by atoms with Crippen LogP contribution < -0.4 is 4.90 Å². The molecule has 5 rings (SSSR count). The minimum absolute atomic E-state index is 0.395. The van der Waals surface area contributed by atoms with E-state index >= 15 is 0 Å². The summed E-state index contributed by atoms with van der Waals surface area (Å²) in [6.07, 6.45) is 8.27. The van der Waals surface area contributed by atoms with Gasteiger partial charge >= 0.3 is 0 Å². The molecule has 0 unspecified atom stereocenters. The van der Waals surface area contributed by atoms with Crippen molar-refractivity contribution >= 4 is 28.5 Å². The zero-order valence-corrected chi connectivity index (χ0v) is 32.3. The molecule has 2 aromatic heterocycles. The minimum Gasteiger partial charge on any atom is -0.361 e. The van der Waals surface area contributed by atoms with Gasteiger partial charge < -0.3 is 4.90 Å². The van der Waals surface area contributed by atoms with Crippen molar-refractivity contribution in [1.29, 1.82) is 0 Å². The number of nitrogens with zero attached hydrogens (tertiary/aromatic N) is 5. The zero-order valence-electron chi connectivity index (χ0n) is 32.3. The molecule has 50 heavy (non-hydrogen) atoms. The van der Waals surface area contributed by atoms with Gasteiger partial charge in [0.25, 0.3) is 0 Å². The van der Waals surface area contributed by atoms with E-state index in [1.54, 1.807) is 0 Å². The van der Waals surface area contributed by atoms with Crippen LogP contribution >= 0.6 is 0 Å². The van der Waals surface area contributed by atoms with Crippen LogP contribution in [0.1, 0.15) is 164 Å². The summed E-state index contributed by atoms with van der Waals surface area (Å²) in [6.45, 7) is 22.9. The number of anilines is 1. The fourth-order valence-corrected chi connectivity index (χ4v) is 7.27. The van der Waals surface area contributed by atoms with E-state index in [1.165, 1.54) is 54.4 Å². The quantitative estimate of drug-likeness (QED) is 0.141. The molecule has 0 amide bonds. The number of rotatable bonds is 12. The van der Waals surface area contributed by atoms with Gasteiger partial charge in [-0.05, 0) is 96.9 Å². The van der Waals surface area contributed by atoms with E-state index in [2.05, 4.69) is 141 Å². The van der Waals surface area contributed by atoms with Crippen molar-refractivity contribution in [2.75, 3.05) is 4.90 Å². The highest BCUT2D eigenvalue weighted by Gasteiger charge is 2.23. The first-order valence-corrected chi connectivity index (χ1v) is 19.0. The molecule has 4 aromatic rings. The third kappa shape index (κ3) is 8.78. The summed E-state index contributed by atoms with van der Waals surface area (Å²) in [5.41, 5.74) is 13.3. The van der Waals surface area contributed by atoms with Crippen molar-refractivity contribution in [3.8, 4) is 0 Å². The second kappa shape index (κ2) is 16.7. The second-order valence-corrected chi connectivity index (χ2v) is 15.4. The third-order valence-electron chi connectivity index (χ3n) is 10.2. The highest BCUT2D eigenvalue weighted by molar-refractivity contribution is 5.99. The van der Waals surface area contributed by atoms with Crippen LogP contribution in [-0.2, 0) is 6.54 Å². The zero-order chi connectivity index (χ0) is 35.9. The van der Waals surface area contributed by atoms with Crippen LogP contribution in [0.4, 0.5) is 17.1 Å². The van der Waals surface area contributed by atoms with Gasteiger partial charge in [0.1, 0.15) is 0 Å². The predicted octanol–water partition coefficient (Wildman–Crippen LogP) is 12.6. The van der Waals surface area contributed by atoms with Crippen molar-refractivity contribution in [2.24, 2.45) is 9.98 Å². The Labute approximate surface area is 302 Å². The summed E-state index contributed by atoms with van der Waals surface area (Å²) in [4.78, 5) is 23.2.